The van der Waals surface area contributed by atoms with Gasteiger partial charge in [0.15, 0.2) is 0 Å². The minimum Gasteiger partial charge on any atom is -0.361 e. The van der Waals surface area contributed by atoms with E-state index in [4.69, 9.17) is 0 Å². The highest BCUT2D eigenvalue weighted by atomic mass is 16.2. The molecule has 0 unspecified atom stereocenters. The van der Waals surface area contributed by atoms with Gasteiger partial charge in [0.05, 0.1) is 11.4 Å². The molecule has 1 fully saturated rings. The number of carbonyl (C=O) groups excluding carboxylic acids is 1. The zero-order valence-electron chi connectivity index (χ0n) is 16.3. The van der Waals surface area contributed by atoms with Gasteiger partial charge in [-0.1, -0.05) is 43.5 Å². The van der Waals surface area contributed by atoms with E-state index in [-0.39, 0.29) is 11.6 Å². The standard InChI is InChI=1S/C23H29N3O/c1-23(24-20-10-6-7-11-21(20)25-23)16-17-12-14-18(15-13-17)22(27)26(2)19-8-4-3-5-9-19/h6-7,10-15,19,24-25H,3-5,8-9,16H2,1-2H3. The molecule has 142 valence electrons. The molecule has 1 heterocycles. The minimum absolute atomic E-state index is 0.143. The number of hydrogen-bond acceptors (Lipinski definition) is 3. The van der Waals surface area contributed by atoms with Gasteiger partial charge in [0.25, 0.3) is 5.91 Å². The Balaban J connectivity index is 1.41. The Morgan fingerprint density at radius 1 is 1.00 bits per heavy atom. The molecular formula is C23H29N3O. The molecule has 2 aromatic rings. The van der Waals surface area contributed by atoms with Crippen LogP contribution >= 0.6 is 0 Å². The summed E-state index contributed by atoms with van der Waals surface area (Å²) in [5.74, 6) is 0.143. The molecule has 1 aliphatic heterocycles. The lowest BCUT2D eigenvalue weighted by atomic mass is 9.94. The molecule has 1 saturated carbocycles. The van der Waals surface area contributed by atoms with Crippen LogP contribution in [-0.2, 0) is 6.42 Å². The maximum Gasteiger partial charge on any atom is 0.253 e. The van der Waals surface area contributed by atoms with Gasteiger partial charge in [-0.2, -0.15) is 0 Å². The van der Waals surface area contributed by atoms with Crippen LogP contribution in [0, 0.1) is 0 Å². The third kappa shape index (κ3) is 3.80. The molecule has 2 aliphatic rings. The largest absolute Gasteiger partial charge is 0.361 e. The molecule has 0 aromatic heterocycles. The van der Waals surface area contributed by atoms with E-state index in [1.165, 1.54) is 24.8 Å². The summed E-state index contributed by atoms with van der Waals surface area (Å²) in [5.41, 5.74) is 4.06. The molecule has 1 aliphatic carbocycles. The van der Waals surface area contributed by atoms with Gasteiger partial charge in [0.2, 0.25) is 0 Å². The molecule has 0 atom stereocenters. The fourth-order valence-corrected chi connectivity index (χ4v) is 4.43. The monoisotopic (exact) mass is 363 g/mol. The van der Waals surface area contributed by atoms with Crippen LogP contribution in [0.2, 0.25) is 0 Å². The smallest absolute Gasteiger partial charge is 0.253 e. The third-order valence-electron chi connectivity index (χ3n) is 5.95. The van der Waals surface area contributed by atoms with Crippen LogP contribution in [0.15, 0.2) is 48.5 Å². The highest BCUT2D eigenvalue weighted by molar-refractivity contribution is 5.94. The third-order valence-corrected chi connectivity index (χ3v) is 5.95. The summed E-state index contributed by atoms with van der Waals surface area (Å²) < 4.78 is 0. The van der Waals surface area contributed by atoms with E-state index in [0.717, 1.165) is 36.2 Å². The van der Waals surface area contributed by atoms with E-state index in [0.29, 0.717) is 6.04 Å². The molecule has 0 bridgehead atoms. The lowest BCUT2D eigenvalue weighted by molar-refractivity contribution is 0.0696. The number of amides is 1. The number of nitrogens with one attached hydrogen (secondary N) is 2. The maximum absolute atomic E-state index is 12.8. The minimum atomic E-state index is -0.214. The molecule has 0 radical (unpaired) electrons. The first-order valence-electron chi connectivity index (χ1n) is 10.1. The van der Waals surface area contributed by atoms with Gasteiger partial charge in [-0.15, -0.1) is 0 Å². The van der Waals surface area contributed by atoms with Crippen molar-refractivity contribution >= 4 is 17.3 Å². The Morgan fingerprint density at radius 3 is 2.19 bits per heavy atom. The predicted molar refractivity (Wildman–Crippen MR) is 111 cm³/mol. The summed E-state index contributed by atoms with van der Waals surface area (Å²) >= 11 is 0. The predicted octanol–water partition coefficient (Wildman–Crippen LogP) is 4.89. The first kappa shape index (κ1) is 17.9. The first-order chi connectivity index (χ1) is 13.0. The van der Waals surface area contributed by atoms with Gasteiger partial charge in [0, 0.05) is 25.1 Å². The van der Waals surface area contributed by atoms with Crippen LogP contribution in [0.1, 0.15) is 54.9 Å². The summed E-state index contributed by atoms with van der Waals surface area (Å²) in [6.45, 7) is 2.17. The Kier molecular flexibility index (Phi) is 4.81. The van der Waals surface area contributed by atoms with E-state index >= 15 is 0 Å². The van der Waals surface area contributed by atoms with Crippen molar-refractivity contribution < 1.29 is 4.79 Å². The van der Waals surface area contributed by atoms with Crippen molar-refractivity contribution in [1.29, 1.82) is 0 Å². The topological polar surface area (TPSA) is 44.4 Å². The number of carbonyl (C=O) groups is 1. The molecule has 4 heteroatoms. The zero-order chi connectivity index (χ0) is 18.9. The van der Waals surface area contributed by atoms with Crippen molar-refractivity contribution in [2.75, 3.05) is 17.7 Å². The number of nitrogens with zero attached hydrogens (tertiary/aromatic N) is 1. The number of para-hydroxylation sites is 2. The summed E-state index contributed by atoms with van der Waals surface area (Å²) in [5, 5.41) is 7.14. The molecular weight excluding hydrogens is 334 g/mol. The highest BCUT2D eigenvalue weighted by Gasteiger charge is 2.31. The van der Waals surface area contributed by atoms with Gasteiger partial charge < -0.3 is 15.5 Å². The Hall–Kier alpha value is -2.49. The molecule has 27 heavy (non-hydrogen) atoms. The van der Waals surface area contributed by atoms with Crippen molar-refractivity contribution in [1.82, 2.24) is 4.90 Å². The second kappa shape index (κ2) is 7.26. The zero-order valence-corrected chi connectivity index (χ0v) is 16.3. The van der Waals surface area contributed by atoms with Crippen molar-refractivity contribution in [2.24, 2.45) is 0 Å². The number of benzene rings is 2. The number of fused-ring (bicyclic) bond motifs is 1. The quantitative estimate of drug-likeness (QED) is 0.813. The second-order valence-electron chi connectivity index (χ2n) is 8.21. The number of anilines is 2. The Morgan fingerprint density at radius 2 is 1.59 bits per heavy atom. The molecule has 1 amide bonds. The van der Waals surface area contributed by atoms with E-state index in [1.807, 2.05) is 36.2 Å². The van der Waals surface area contributed by atoms with Gasteiger partial charge in [-0.3, -0.25) is 4.79 Å². The summed E-state index contributed by atoms with van der Waals surface area (Å²) in [6, 6.07) is 16.8. The van der Waals surface area contributed by atoms with Gasteiger partial charge in [-0.05, 0) is 49.6 Å². The molecule has 4 nitrogen and oxygen atoms in total. The van der Waals surface area contributed by atoms with Crippen LogP contribution in [0.25, 0.3) is 0 Å². The molecule has 2 N–H and O–H groups in total. The van der Waals surface area contributed by atoms with Crippen LogP contribution in [0.4, 0.5) is 11.4 Å². The number of hydrogen-bond donors (Lipinski definition) is 2. The van der Waals surface area contributed by atoms with Crippen LogP contribution in [-0.4, -0.2) is 29.6 Å². The molecule has 0 spiro atoms. The van der Waals surface area contributed by atoms with E-state index in [9.17, 15) is 4.79 Å². The Bertz CT molecular complexity index is 784. The first-order valence-corrected chi connectivity index (χ1v) is 10.1. The fraction of sp³-hybridized carbons (Fsp3) is 0.435. The maximum atomic E-state index is 12.8. The fourth-order valence-electron chi connectivity index (χ4n) is 4.43. The lowest BCUT2D eigenvalue weighted by Gasteiger charge is -2.31. The Labute approximate surface area is 162 Å². The lowest BCUT2D eigenvalue weighted by Crippen LogP contribution is -2.40. The van der Waals surface area contributed by atoms with Crippen LogP contribution < -0.4 is 10.6 Å². The summed E-state index contributed by atoms with van der Waals surface area (Å²) in [7, 11) is 1.96. The van der Waals surface area contributed by atoms with Crippen molar-refractivity contribution in [3.05, 3.63) is 59.7 Å². The molecule has 0 saturated heterocycles. The summed E-state index contributed by atoms with van der Waals surface area (Å²) in [6.07, 6.45) is 6.89. The molecule has 2 aromatic carbocycles. The van der Waals surface area contributed by atoms with E-state index < -0.39 is 0 Å². The van der Waals surface area contributed by atoms with Crippen molar-refractivity contribution in [3.8, 4) is 0 Å². The number of rotatable bonds is 4. The van der Waals surface area contributed by atoms with Gasteiger partial charge in [0.1, 0.15) is 5.66 Å². The van der Waals surface area contributed by atoms with Crippen molar-refractivity contribution in [2.45, 2.75) is 57.2 Å². The SMILES string of the molecule is CN(C(=O)c1ccc(CC2(C)Nc3ccccc3N2)cc1)C1CCCCC1. The van der Waals surface area contributed by atoms with Crippen molar-refractivity contribution in [3.63, 3.8) is 0 Å². The normalized spacial score (nSPS) is 18.3. The highest BCUT2D eigenvalue weighted by Crippen LogP contribution is 2.35. The van der Waals surface area contributed by atoms with Crippen LogP contribution in [0.3, 0.4) is 0 Å². The van der Waals surface area contributed by atoms with E-state index in [2.05, 4.69) is 41.8 Å². The molecule has 4 rings (SSSR count). The summed E-state index contributed by atoms with van der Waals surface area (Å²) in [4.78, 5) is 14.8. The second-order valence-corrected chi connectivity index (χ2v) is 8.21. The average molecular weight is 364 g/mol. The average Bonchev–Trinajstić information content (AvgIpc) is 3.03. The van der Waals surface area contributed by atoms with Crippen LogP contribution in [0.5, 0.6) is 0 Å². The van der Waals surface area contributed by atoms with Gasteiger partial charge in [-0.25, -0.2) is 0 Å². The van der Waals surface area contributed by atoms with Gasteiger partial charge >= 0.3 is 0 Å². The van der Waals surface area contributed by atoms with E-state index in [1.54, 1.807) is 0 Å².